The Hall–Kier alpha value is -3.94. The molecule has 0 bridgehead atoms. The smallest absolute Gasteiger partial charge is 0.282 e. The van der Waals surface area contributed by atoms with Crippen LogP contribution in [0.15, 0.2) is 66.9 Å². The molecule has 1 N–H and O–H groups in total. The average molecular weight is 475 g/mol. The number of nitrogens with zero attached hydrogens (tertiary/aromatic N) is 3. The van der Waals surface area contributed by atoms with E-state index in [0.29, 0.717) is 28.4 Å². The van der Waals surface area contributed by atoms with Crippen LogP contribution in [0.1, 0.15) is 49.9 Å². The summed E-state index contributed by atoms with van der Waals surface area (Å²) >= 11 is 0. The SMILES string of the molecule is CC(C)(C)c1ccc(C2C(=O)C2(C=O)Nc2cc(C(F)F)nn2-c2cccc3ncccc23)cc1. The summed E-state index contributed by atoms with van der Waals surface area (Å²) in [6.45, 7) is 6.27. The molecule has 2 unspecified atom stereocenters. The van der Waals surface area contributed by atoms with Crippen molar-refractivity contribution in [3.05, 3.63) is 83.7 Å². The molecule has 0 aliphatic heterocycles. The second-order valence-corrected chi connectivity index (χ2v) is 9.80. The molecule has 2 aromatic heterocycles. The number of alkyl halides is 2. The number of rotatable bonds is 6. The zero-order valence-corrected chi connectivity index (χ0v) is 19.5. The van der Waals surface area contributed by atoms with Gasteiger partial charge in [0.25, 0.3) is 6.43 Å². The number of pyridine rings is 1. The number of hydrogen-bond acceptors (Lipinski definition) is 5. The molecular formula is C27H24F2N4O2. The highest BCUT2D eigenvalue weighted by Gasteiger charge is 2.66. The van der Waals surface area contributed by atoms with Gasteiger partial charge >= 0.3 is 0 Å². The highest BCUT2D eigenvalue weighted by Crippen LogP contribution is 2.48. The number of ketones is 1. The minimum Gasteiger partial charge on any atom is -0.351 e. The van der Waals surface area contributed by atoms with Crippen LogP contribution in [-0.4, -0.2) is 32.4 Å². The minimum absolute atomic E-state index is 0.0580. The van der Waals surface area contributed by atoms with Gasteiger partial charge in [0.15, 0.2) is 17.6 Å². The normalized spacial score (nSPS) is 19.8. The topological polar surface area (TPSA) is 76.9 Å². The number of anilines is 1. The number of Topliss-reactive ketones (excluding diaryl/α,β-unsaturated/α-hetero) is 1. The van der Waals surface area contributed by atoms with Crippen LogP contribution in [0.5, 0.6) is 0 Å². The summed E-state index contributed by atoms with van der Waals surface area (Å²) in [5.74, 6) is -0.908. The molecule has 5 rings (SSSR count). The molecule has 1 saturated carbocycles. The Labute approximate surface area is 201 Å². The van der Waals surface area contributed by atoms with Crippen molar-refractivity contribution in [1.29, 1.82) is 0 Å². The third-order valence-corrected chi connectivity index (χ3v) is 6.48. The Balaban J connectivity index is 1.55. The summed E-state index contributed by atoms with van der Waals surface area (Å²) in [7, 11) is 0. The fourth-order valence-electron chi connectivity index (χ4n) is 4.46. The van der Waals surface area contributed by atoms with Crippen molar-refractivity contribution in [2.24, 2.45) is 0 Å². The highest BCUT2D eigenvalue weighted by atomic mass is 19.3. The van der Waals surface area contributed by atoms with E-state index in [-0.39, 0.29) is 17.0 Å². The van der Waals surface area contributed by atoms with Gasteiger partial charge in [-0.25, -0.2) is 13.5 Å². The number of carbonyl (C=O) groups is 2. The predicted octanol–water partition coefficient (Wildman–Crippen LogP) is 5.37. The highest BCUT2D eigenvalue weighted by molar-refractivity contribution is 6.26. The first-order valence-corrected chi connectivity index (χ1v) is 11.3. The van der Waals surface area contributed by atoms with E-state index in [1.807, 2.05) is 30.3 Å². The molecule has 1 aliphatic rings. The summed E-state index contributed by atoms with van der Waals surface area (Å²) in [6.07, 6.45) is -0.631. The first-order chi connectivity index (χ1) is 16.7. The molecule has 1 fully saturated rings. The van der Waals surface area contributed by atoms with Gasteiger partial charge in [-0.2, -0.15) is 5.10 Å². The van der Waals surface area contributed by atoms with Gasteiger partial charge in [-0.1, -0.05) is 51.1 Å². The standard InChI is InChI=1S/C27H24F2N4O2/c1-26(2,3)17-11-9-16(10-12-17)23-24(35)27(23,15-34)31-22-14-20(25(28)29)32-33(22)21-8-4-7-19-18(21)6-5-13-30-19/h4-15,23,25,31H,1-3H3. The zero-order valence-electron chi connectivity index (χ0n) is 19.5. The molecule has 0 amide bonds. The van der Waals surface area contributed by atoms with Crippen LogP contribution in [0.2, 0.25) is 0 Å². The molecule has 178 valence electrons. The fourth-order valence-corrected chi connectivity index (χ4v) is 4.46. The van der Waals surface area contributed by atoms with Crippen LogP contribution in [0.4, 0.5) is 14.6 Å². The zero-order chi connectivity index (χ0) is 25.0. The summed E-state index contributed by atoms with van der Waals surface area (Å²) in [4.78, 5) is 29.5. The van der Waals surface area contributed by atoms with E-state index in [1.165, 1.54) is 10.7 Å². The number of benzene rings is 2. The Morgan fingerprint density at radius 3 is 2.49 bits per heavy atom. The molecule has 6 nitrogen and oxygen atoms in total. The maximum absolute atomic E-state index is 13.6. The van der Waals surface area contributed by atoms with E-state index in [9.17, 15) is 18.4 Å². The molecule has 0 radical (unpaired) electrons. The summed E-state index contributed by atoms with van der Waals surface area (Å²) in [5, 5.41) is 7.74. The Morgan fingerprint density at radius 1 is 1.09 bits per heavy atom. The summed E-state index contributed by atoms with van der Waals surface area (Å²) in [5.41, 5.74) is 0.884. The quantitative estimate of drug-likeness (QED) is 0.300. The van der Waals surface area contributed by atoms with Gasteiger partial charge in [0, 0.05) is 17.6 Å². The lowest BCUT2D eigenvalue weighted by Crippen LogP contribution is -2.29. The lowest BCUT2D eigenvalue weighted by Gasteiger charge is -2.19. The van der Waals surface area contributed by atoms with Gasteiger partial charge in [0.05, 0.1) is 17.1 Å². The van der Waals surface area contributed by atoms with Crippen molar-refractivity contribution in [3.8, 4) is 5.69 Å². The molecule has 4 aromatic rings. The van der Waals surface area contributed by atoms with E-state index in [4.69, 9.17) is 0 Å². The fraction of sp³-hybridized carbons (Fsp3) is 0.259. The van der Waals surface area contributed by atoms with Crippen molar-refractivity contribution in [2.45, 2.75) is 44.1 Å². The molecule has 35 heavy (non-hydrogen) atoms. The maximum atomic E-state index is 13.6. The first kappa shape index (κ1) is 22.8. The molecule has 2 atom stereocenters. The van der Waals surface area contributed by atoms with Crippen LogP contribution in [0.25, 0.3) is 16.6 Å². The van der Waals surface area contributed by atoms with E-state index in [2.05, 4.69) is 36.2 Å². The third kappa shape index (κ3) is 3.79. The molecule has 1 aliphatic carbocycles. The molecule has 2 heterocycles. The van der Waals surface area contributed by atoms with Crippen molar-refractivity contribution >= 4 is 28.8 Å². The number of aromatic nitrogens is 3. The van der Waals surface area contributed by atoms with Gasteiger partial charge in [-0.05, 0) is 40.8 Å². The van der Waals surface area contributed by atoms with E-state index in [1.54, 1.807) is 30.5 Å². The number of fused-ring (bicyclic) bond motifs is 1. The van der Waals surface area contributed by atoms with Crippen molar-refractivity contribution in [2.75, 3.05) is 5.32 Å². The first-order valence-electron chi connectivity index (χ1n) is 11.3. The Bertz CT molecular complexity index is 1430. The van der Waals surface area contributed by atoms with E-state index >= 15 is 0 Å². The van der Waals surface area contributed by atoms with Gasteiger partial charge in [0.2, 0.25) is 0 Å². The number of hydrogen-bond donors (Lipinski definition) is 1. The van der Waals surface area contributed by atoms with Gasteiger partial charge in [-0.3, -0.25) is 9.78 Å². The van der Waals surface area contributed by atoms with Gasteiger partial charge in [0.1, 0.15) is 11.5 Å². The van der Waals surface area contributed by atoms with Crippen LogP contribution >= 0.6 is 0 Å². The Kier molecular flexibility index (Phi) is 5.27. The van der Waals surface area contributed by atoms with Crippen molar-refractivity contribution in [1.82, 2.24) is 14.8 Å². The van der Waals surface area contributed by atoms with Crippen molar-refractivity contribution in [3.63, 3.8) is 0 Å². The molecule has 2 aromatic carbocycles. The molecular weight excluding hydrogens is 450 g/mol. The summed E-state index contributed by atoms with van der Waals surface area (Å²) < 4.78 is 28.5. The van der Waals surface area contributed by atoms with Crippen molar-refractivity contribution < 1.29 is 18.4 Å². The number of nitrogens with one attached hydrogen (secondary N) is 1. The van der Waals surface area contributed by atoms with E-state index < -0.39 is 23.6 Å². The van der Waals surface area contributed by atoms with Crippen LogP contribution in [-0.2, 0) is 15.0 Å². The van der Waals surface area contributed by atoms with Gasteiger partial charge < -0.3 is 10.1 Å². The number of aldehydes is 1. The van der Waals surface area contributed by atoms with E-state index in [0.717, 1.165) is 5.56 Å². The second kappa shape index (κ2) is 8.08. The molecule has 0 saturated heterocycles. The minimum atomic E-state index is -2.83. The van der Waals surface area contributed by atoms with Crippen LogP contribution in [0.3, 0.4) is 0 Å². The molecule has 0 spiro atoms. The molecule has 8 heteroatoms. The number of halogens is 2. The van der Waals surface area contributed by atoms with Crippen LogP contribution in [0, 0.1) is 0 Å². The second-order valence-electron chi connectivity index (χ2n) is 9.80. The van der Waals surface area contributed by atoms with Gasteiger partial charge in [-0.15, -0.1) is 0 Å². The average Bonchev–Trinajstić information content (AvgIpc) is 3.19. The predicted molar refractivity (Wildman–Crippen MR) is 129 cm³/mol. The lowest BCUT2D eigenvalue weighted by atomic mass is 9.86. The van der Waals surface area contributed by atoms with Crippen LogP contribution < -0.4 is 5.32 Å². The Morgan fingerprint density at radius 2 is 1.83 bits per heavy atom. The lowest BCUT2D eigenvalue weighted by molar-refractivity contribution is -0.115. The summed E-state index contributed by atoms with van der Waals surface area (Å²) in [6, 6.07) is 17.6. The maximum Gasteiger partial charge on any atom is 0.282 e. The largest absolute Gasteiger partial charge is 0.351 e. The third-order valence-electron chi connectivity index (χ3n) is 6.48. The number of carbonyl (C=O) groups excluding carboxylic acids is 2. The monoisotopic (exact) mass is 474 g/mol.